The SMILES string of the molecule is CCNC(=O)CNC(=O)Cc1ccc(CN)cc1. The molecular weight excluding hydrogens is 230 g/mol. The topological polar surface area (TPSA) is 84.2 Å². The molecule has 1 aromatic carbocycles. The van der Waals surface area contributed by atoms with Crippen LogP contribution in [0, 0.1) is 0 Å². The van der Waals surface area contributed by atoms with E-state index in [2.05, 4.69) is 10.6 Å². The van der Waals surface area contributed by atoms with E-state index in [4.69, 9.17) is 5.73 Å². The summed E-state index contributed by atoms with van der Waals surface area (Å²) in [6.07, 6.45) is 0.268. The summed E-state index contributed by atoms with van der Waals surface area (Å²) in [6, 6.07) is 7.53. The summed E-state index contributed by atoms with van der Waals surface area (Å²) in [5.41, 5.74) is 7.42. The molecule has 0 atom stereocenters. The molecule has 0 aromatic heterocycles. The highest BCUT2D eigenvalue weighted by molar-refractivity contribution is 5.85. The molecule has 5 nitrogen and oxygen atoms in total. The van der Waals surface area contributed by atoms with Crippen LogP contribution in [-0.2, 0) is 22.6 Å². The molecule has 0 heterocycles. The Balaban J connectivity index is 2.37. The molecule has 2 amide bonds. The van der Waals surface area contributed by atoms with Gasteiger partial charge in [0.2, 0.25) is 11.8 Å². The minimum absolute atomic E-state index is 0.0214. The fourth-order valence-corrected chi connectivity index (χ4v) is 1.48. The molecule has 1 aromatic rings. The smallest absolute Gasteiger partial charge is 0.239 e. The monoisotopic (exact) mass is 249 g/mol. The second-order valence-corrected chi connectivity index (χ2v) is 3.93. The van der Waals surface area contributed by atoms with E-state index in [1.165, 1.54) is 0 Å². The molecule has 5 heteroatoms. The van der Waals surface area contributed by atoms with Crippen molar-refractivity contribution in [3.63, 3.8) is 0 Å². The quantitative estimate of drug-likeness (QED) is 0.660. The maximum atomic E-state index is 11.6. The zero-order valence-corrected chi connectivity index (χ0v) is 10.5. The van der Waals surface area contributed by atoms with Crippen LogP contribution >= 0.6 is 0 Å². The van der Waals surface area contributed by atoms with Crippen LogP contribution in [0.25, 0.3) is 0 Å². The molecule has 0 spiro atoms. The van der Waals surface area contributed by atoms with Gasteiger partial charge < -0.3 is 16.4 Å². The van der Waals surface area contributed by atoms with Crippen molar-refractivity contribution in [3.8, 4) is 0 Å². The Kier molecular flexibility index (Phi) is 5.87. The molecule has 18 heavy (non-hydrogen) atoms. The van der Waals surface area contributed by atoms with Crippen molar-refractivity contribution >= 4 is 11.8 Å². The van der Waals surface area contributed by atoms with E-state index in [0.717, 1.165) is 11.1 Å². The van der Waals surface area contributed by atoms with Gasteiger partial charge in [-0.25, -0.2) is 0 Å². The number of amides is 2. The van der Waals surface area contributed by atoms with Crippen LogP contribution in [0.2, 0.25) is 0 Å². The fourth-order valence-electron chi connectivity index (χ4n) is 1.48. The first kappa shape index (κ1) is 14.2. The molecule has 0 aliphatic carbocycles. The number of carbonyl (C=O) groups is 2. The van der Waals surface area contributed by atoms with Gasteiger partial charge in [-0.2, -0.15) is 0 Å². The Morgan fingerprint density at radius 1 is 1.06 bits per heavy atom. The van der Waals surface area contributed by atoms with Crippen LogP contribution in [0.15, 0.2) is 24.3 Å². The number of carbonyl (C=O) groups excluding carboxylic acids is 2. The fraction of sp³-hybridized carbons (Fsp3) is 0.385. The van der Waals surface area contributed by atoms with Crippen molar-refractivity contribution in [3.05, 3.63) is 35.4 Å². The van der Waals surface area contributed by atoms with Gasteiger partial charge in [0.25, 0.3) is 0 Å². The summed E-state index contributed by atoms with van der Waals surface area (Å²) >= 11 is 0. The molecule has 0 unspecified atom stereocenters. The maximum Gasteiger partial charge on any atom is 0.239 e. The van der Waals surface area contributed by atoms with Gasteiger partial charge in [-0.3, -0.25) is 9.59 Å². The van der Waals surface area contributed by atoms with Crippen LogP contribution in [-0.4, -0.2) is 24.9 Å². The van der Waals surface area contributed by atoms with Crippen LogP contribution in [0.1, 0.15) is 18.1 Å². The van der Waals surface area contributed by atoms with Gasteiger partial charge in [0.15, 0.2) is 0 Å². The first-order valence-electron chi connectivity index (χ1n) is 5.97. The Bertz CT molecular complexity index is 401. The molecular formula is C13H19N3O2. The van der Waals surface area contributed by atoms with E-state index in [-0.39, 0.29) is 24.8 Å². The lowest BCUT2D eigenvalue weighted by molar-refractivity contribution is -0.125. The highest BCUT2D eigenvalue weighted by Gasteiger charge is 2.05. The predicted octanol–water partition coefficient (Wildman–Crippen LogP) is -0.0599. The average molecular weight is 249 g/mol. The van der Waals surface area contributed by atoms with Crippen LogP contribution < -0.4 is 16.4 Å². The van der Waals surface area contributed by atoms with Crippen molar-refractivity contribution in [2.45, 2.75) is 19.9 Å². The number of likely N-dealkylation sites (N-methyl/N-ethyl adjacent to an activating group) is 1. The molecule has 0 saturated heterocycles. The van der Waals surface area contributed by atoms with E-state index < -0.39 is 0 Å². The van der Waals surface area contributed by atoms with Crippen LogP contribution in [0.5, 0.6) is 0 Å². The molecule has 0 bridgehead atoms. The highest BCUT2D eigenvalue weighted by Crippen LogP contribution is 2.04. The summed E-state index contributed by atoms with van der Waals surface area (Å²) < 4.78 is 0. The Labute approximate surface area is 107 Å². The minimum atomic E-state index is -0.177. The molecule has 0 fully saturated rings. The normalized spacial score (nSPS) is 9.89. The number of hydrogen-bond acceptors (Lipinski definition) is 3. The lowest BCUT2D eigenvalue weighted by Gasteiger charge is -2.06. The number of benzene rings is 1. The second-order valence-electron chi connectivity index (χ2n) is 3.93. The lowest BCUT2D eigenvalue weighted by Crippen LogP contribution is -2.37. The predicted molar refractivity (Wildman–Crippen MR) is 69.7 cm³/mol. The van der Waals surface area contributed by atoms with Gasteiger partial charge in [0.1, 0.15) is 0 Å². The summed E-state index contributed by atoms with van der Waals surface area (Å²) in [6.45, 7) is 2.91. The maximum absolute atomic E-state index is 11.6. The summed E-state index contributed by atoms with van der Waals surface area (Å²) in [4.78, 5) is 22.7. The van der Waals surface area contributed by atoms with Gasteiger partial charge in [0.05, 0.1) is 13.0 Å². The third kappa shape index (κ3) is 4.97. The van der Waals surface area contributed by atoms with E-state index in [1.807, 2.05) is 31.2 Å². The van der Waals surface area contributed by atoms with Gasteiger partial charge in [-0.05, 0) is 18.1 Å². The number of hydrogen-bond donors (Lipinski definition) is 3. The van der Waals surface area contributed by atoms with Gasteiger partial charge in [-0.15, -0.1) is 0 Å². The van der Waals surface area contributed by atoms with E-state index in [1.54, 1.807) is 0 Å². The Morgan fingerprint density at radius 2 is 1.67 bits per heavy atom. The van der Waals surface area contributed by atoms with Crippen molar-refractivity contribution in [2.24, 2.45) is 5.73 Å². The lowest BCUT2D eigenvalue weighted by atomic mass is 10.1. The van der Waals surface area contributed by atoms with Crippen molar-refractivity contribution in [1.29, 1.82) is 0 Å². The van der Waals surface area contributed by atoms with Gasteiger partial charge >= 0.3 is 0 Å². The number of nitrogens with two attached hydrogens (primary N) is 1. The summed E-state index contributed by atoms with van der Waals surface area (Å²) in [5, 5.41) is 5.18. The zero-order chi connectivity index (χ0) is 13.4. The Morgan fingerprint density at radius 3 is 2.22 bits per heavy atom. The molecule has 98 valence electrons. The van der Waals surface area contributed by atoms with E-state index in [9.17, 15) is 9.59 Å². The first-order chi connectivity index (χ1) is 8.65. The molecule has 4 N–H and O–H groups in total. The molecule has 0 aliphatic heterocycles. The average Bonchev–Trinajstić information content (AvgIpc) is 2.38. The van der Waals surface area contributed by atoms with Gasteiger partial charge in [-0.1, -0.05) is 24.3 Å². The zero-order valence-electron chi connectivity index (χ0n) is 10.5. The molecule has 1 rings (SSSR count). The standard InChI is InChI=1S/C13H19N3O2/c1-2-15-13(18)9-16-12(17)7-10-3-5-11(8-14)6-4-10/h3-6H,2,7-9,14H2,1H3,(H,15,18)(H,16,17). The number of nitrogens with one attached hydrogen (secondary N) is 2. The van der Waals surface area contributed by atoms with E-state index in [0.29, 0.717) is 13.1 Å². The summed E-state index contributed by atoms with van der Waals surface area (Å²) in [7, 11) is 0. The second kappa shape index (κ2) is 7.45. The van der Waals surface area contributed by atoms with Crippen molar-refractivity contribution < 1.29 is 9.59 Å². The number of rotatable bonds is 6. The molecule has 0 saturated carbocycles. The third-order valence-electron chi connectivity index (χ3n) is 2.44. The van der Waals surface area contributed by atoms with Crippen LogP contribution in [0.3, 0.4) is 0 Å². The first-order valence-corrected chi connectivity index (χ1v) is 5.97. The Hall–Kier alpha value is -1.88. The van der Waals surface area contributed by atoms with Crippen LogP contribution in [0.4, 0.5) is 0 Å². The molecule has 0 aliphatic rings. The van der Waals surface area contributed by atoms with Gasteiger partial charge in [0, 0.05) is 13.1 Å². The van der Waals surface area contributed by atoms with Crippen molar-refractivity contribution in [2.75, 3.05) is 13.1 Å². The minimum Gasteiger partial charge on any atom is -0.355 e. The van der Waals surface area contributed by atoms with E-state index >= 15 is 0 Å². The largest absolute Gasteiger partial charge is 0.355 e. The molecule has 0 radical (unpaired) electrons. The van der Waals surface area contributed by atoms with Crippen molar-refractivity contribution in [1.82, 2.24) is 10.6 Å². The summed E-state index contributed by atoms with van der Waals surface area (Å²) in [5.74, 6) is -0.342. The highest BCUT2D eigenvalue weighted by atomic mass is 16.2. The third-order valence-corrected chi connectivity index (χ3v) is 2.44.